The third kappa shape index (κ3) is 3.67. The predicted octanol–water partition coefficient (Wildman–Crippen LogP) is -2.66. The number of halogens is 1. The second-order valence-corrected chi connectivity index (χ2v) is 5.76. The average Bonchev–Trinajstić information content (AvgIpc) is 2.23. The minimum absolute atomic E-state index is 0. The zero-order chi connectivity index (χ0) is 9.24. The first-order valence-electron chi connectivity index (χ1n) is 4.04. The summed E-state index contributed by atoms with van der Waals surface area (Å²) in [4.78, 5) is 0. The SMILES string of the molecule is C=CCNC1(C)CCS(=O)(=O)C1.[Cl-]. The van der Waals surface area contributed by atoms with E-state index in [-0.39, 0.29) is 23.7 Å². The molecule has 0 amide bonds. The molecule has 1 fully saturated rings. The summed E-state index contributed by atoms with van der Waals surface area (Å²) >= 11 is 0. The summed E-state index contributed by atoms with van der Waals surface area (Å²) in [6, 6.07) is 0. The Bertz CT molecular complexity index is 276. The van der Waals surface area contributed by atoms with Gasteiger partial charge in [-0.1, -0.05) is 6.08 Å². The van der Waals surface area contributed by atoms with Crippen LogP contribution in [0.5, 0.6) is 0 Å². The molecule has 1 aliphatic heterocycles. The van der Waals surface area contributed by atoms with Crippen LogP contribution in [-0.4, -0.2) is 32.0 Å². The van der Waals surface area contributed by atoms with E-state index in [2.05, 4.69) is 11.9 Å². The number of hydrogen-bond acceptors (Lipinski definition) is 3. The van der Waals surface area contributed by atoms with Crippen molar-refractivity contribution in [2.75, 3.05) is 18.1 Å². The average molecular weight is 225 g/mol. The van der Waals surface area contributed by atoms with Crippen molar-refractivity contribution in [2.24, 2.45) is 0 Å². The lowest BCUT2D eigenvalue weighted by molar-refractivity contribution is -0.00000550. The Labute approximate surface area is 85.9 Å². The van der Waals surface area contributed by atoms with Crippen molar-refractivity contribution in [1.29, 1.82) is 0 Å². The smallest absolute Gasteiger partial charge is 0.152 e. The number of rotatable bonds is 3. The van der Waals surface area contributed by atoms with Gasteiger partial charge in [0, 0.05) is 12.1 Å². The molecule has 13 heavy (non-hydrogen) atoms. The number of hydrogen-bond donors (Lipinski definition) is 1. The van der Waals surface area contributed by atoms with Gasteiger partial charge in [0.15, 0.2) is 9.84 Å². The zero-order valence-electron chi connectivity index (χ0n) is 7.72. The summed E-state index contributed by atoms with van der Waals surface area (Å²) in [7, 11) is -2.78. The molecule has 1 unspecified atom stereocenters. The maximum atomic E-state index is 11.1. The molecule has 0 aromatic heterocycles. The second-order valence-electron chi connectivity index (χ2n) is 3.57. The van der Waals surface area contributed by atoms with Gasteiger partial charge < -0.3 is 17.7 Å². The Morgan fingerprint density at radius 2 is 2.23 bits per heavy atom. The molecule has 0 aliphatic carbocycles. The van der Waals surface area contributed by atoms with Crippen LogP contribution in [0.1, 0.15) is 13.3 Å². The Balaban J connectivity index is 0.00000144. The van der Waals surface area contributed by atoms with Gasteiger partial charge in [-0.25, -0.2) is 8.42 Å². The van der Waals surface area contributed by atoms with Gasteiger partial charge in [0.1, 0.15) is 0 Å². The minimum atomic E-state index is -2.78. The van der Waals surface area contributed by atoms with E-state index in [1.165, 1.54) is 0 Å². The van der Waals surface area contributed by atoms with E-state index < -0.39 is 9.84 Å². The van der Waals surface area contributed by atoms with Crippen LogP contribution in [-0.2, 0) is 9.84 Å². The summed E-state index contributed by atoms with van der Waals surface area (Å²) in [5, 5.41) is 3.17. The van der Waals surface area contributed by atoms with Gasteiger partial charge >= 0.3 is 0 Å². The summed E-state index contributed by atoms with van der Waals surface area (Å²) in [6.07, 6.45) is 2.46. The fourth-order valence-corrected chi connectivity index (χ4v) is 3.59. The van der Waals surface area contributed by atoms with E-state index in [1.54, 1.807) is 6.08 Å². The standard InChI is InChI=1S/C8H15NO2S.ClH/c1-3-5-9-8(2)4-6-12(10,11)7-8;/h3,9H,1,4-7H2,2H3;1H/p-1. The molecule has 1 atom stereocenters. The molecule has 3 nitrogen and oxygen atoms in total. The quantitative estimate of drug-likeness (QED) is 0.533. The fourth-order valence-electron chi connectivity index (χ4n) is 1.47. The van der Waals surface area contributed by atoms with Crippen molar-refractivity contribution in [2.45, 2.75) is 18.9 Å². The Hall–Kier alpha value is -0.0600. The molecule has 0 aromatic rings. The summed E-state index contributed by atoms with van der Waals surface area (Å²) in [5.74, 6) is 0.571. The van der Waals surface area contributed by atoms with Crippen molar-refractivity contribution in [3.63, 3.8) is 0 Å². The van der Waals surface area contributed by atoms with E-state index in [9.17, 15) is 8.42 Å². The lowest BCUT2D eigenvalue weighted by Gasteiger charge is -2.22. The third-order valence-electron chi connectivity index (χ3n) is 2.18. The third-order valence-corrected chi connectivity index (χ3v) is 4.08. The highest BCUT2D eigenvalue weighted by Gasteiger charge is 2.37. The van der Waals surface area contributed by atoms with Crippen molar-refractivity contribution < 1.29 is 20.8 Å². The van der Waals surface area contributed by atoms with Gasteiger partial charge in [0.25, 0.3) is 0 Å². The van der Waals surface area contributed by atoms with Gasteiger partial charge in [-0.3, -0.25) is 0 Å². The summed E-state index contributed by atoms with van der Waals surface area (Å²) in [5.41, 5.74) is -0.229. The van der Waals surface area contributed by atoms with Gasteiger partial charge in [0.05, 0.1) is 11.5 Å². The molecule has 5 heteroatoms. The van der Waals surface area contributed by atoms with Crippen molar-refractivity contribution in [1.82, 2.24) is 5.32 Å². The van der Waals surface area contributed by atoms with E-state index in [1.807, 2.05) is 6.92 Å². The molecule has 0 aromatic carbocycles. The number of sulfone groups is 1. The molecule has 0 bridgehead atoms. The van der Waals surface area contributed by atoms with Gasteiger partial charge in [-0.15, -0.1) is 6.58 Å². The van der Waals surface area contributed by atoms with Crippen LogP contribution in [0.15, 0.2) is 12.7 Å². The summed E-state index contributed by atoms with van der Waals surface area (Å²) in [6.45, 7) is 6.20. The fraction of sp³-hybridized carbons (Fsp3) is 0.750. The van der Waals surface area contributed by atoms with Crippen LogP contribution >= 0.6 is 0 Å². The van der Waals surface area contributed by atoms with Gasteiger partial charge in [0.2, 0.25) is 0 Å². The van der Waals surface area contributed by atoms with E-state index in [0.29, 0.717) is 18.7 Å². The largest absolute Gasteiger partial charge is 1.00 e. The van der Waals surface area contributed by atoms with Crippen LogP contribution in [0.2, 0.25) is 0 Å². The summed E-state index contributed by atoms with van der Waals surface area (Å²) < 4.78 is 22.3. The second kappa shape index (κ2) is 4.44. The van der Waals surface area contributed by atoms with Gasteiger partial charge in [-0.05, 0) is 13.3 Å². The van der Waals surface area contributed by atoms with E-state index in [4.69, 9.17) is 0 Å². The Kier molecular flexibility index (Phi) is 4.42. The Morgan fingerprint density at radius 1 is 1.62 bits per heavy atom. The first-order valence-corrected chi connectivity index (χ1v) is 5.86. The highest BCUT2D eigenvalue weighted by Crippen LogP contribution is 2.22. The molecule has 1 N–H and O–H groups in total. The molecule has 0 spiro atoms. The molecule has 1 saturated heterocycles. The monoisotopic (exact) mass is 224 g/mol. The van der Waals surface area contributed by atoms with Gasteiger partial charge in [-0.2, -0.15) is 0 Å². The zero-order valence-corrected chi connectivity index (χ0v) is 9.29. The molecule has 0 saturated carbocycles. The van der Waals surface area contributed by atoms with E-state index in [0.717, 1.165) is 0 Å². The molecule has 1 heterocycles. The molecular weight excluding hydrogens is 210 g/mol. The van der Waals surface area contributed by atoms with E-state index >= 15 is 0 Å². The van der Waals surface area contributed by atoms with Crippen molar-refractivity contribution in [3.8, 4) is 0 Å². The normalized spacial score (nSPS) is 30.8. The first kappa shape index (κ1) is 12.9. The van der Waals surface area contributed by atoms with Crippen molar-refractivity contribution in [3.05, 3.63) is 12.7 Å². The highest BCUT2D eigenvalue weighted by molar-refractivity contribution is 7.91. The molecule has 78 valence electrons. The minimum Gasteiger partial charge on any atom is -1.00 e. The van der Waals surface area contributed by atoms with Crippen LogP contribution < -0.4 is 17.7 Å². The maximum absolute atomic E-state index is 11.1. The molecular formula is C8H15ClNO2S-. The molecule has 0 radical (unpaired) electrons. The lowest BCUT2D eigenvalue weighted by atomic mass is 10.0. The number of nitrogens with one attached hydrogen (secondary N) is 1. The highest BCUT2D eigenvalue weighted by atomic mass is 35.5. The Morgan fingerprint density at radius 3 is 2.62 bits per heavy atom. The first-order chi connectivity index (χ1) is 5.47. The lowest BCUT2D eigenvalue weighted by Crippen LogP contribution is -3.00. The molecule has 1 aliphatic rings. The van der Waals surface area contributed by atoms with Crippen LogP contribution in [0.25, 0.3) is 0 Å². The maximum Gasteiger partial charge on any atom is 0.152 e. The van der Waals surface area contributed by atoms with Crippen LogP contribution in [0.3, 0.4) is 0 Å². The van der Waals surface area contributed by atoms with Crippen LogP contribution in [0.4, 0.5) is 0 Å². The predicted molar refractivity (Wildman–Crippen MR) is 49.9 cm³/mol. The van der Waals surface area contributed by atoms with Crippen molar-refractivity contribution >= 4 is 9.84 Å². The topological polar surface area (TPSA) is 46.2 Å². The molecule has 1 rings (SSSR count). The van der Waals surface area contributed by atoms with Crippen LogP contribution in [0, 0.1) is 0 Å².